The third-order valence-electron chi connectivity index (χ3n) is 2.52. The number of hydrogen-bond acceptors (Lipinski definition) is 3. The van der Waals surface area contributed by atoms with Crippen LogP contribution < -0.4 is 5.73 Å². The lowest BCUT2D eigenvalue weighted by Crippen LogP contribution is -1.99. The summed E-state index contributed by atoms with van der Waals surface area (Å²) in [6, 6.07) is 2.97. The zero-order chi connectivity index (χ0) is 10.8. The van der Waals surface area contributed by atoms with E-state index in [1.165, 1.54) is 12.1 Å². The van der Waals surface area contributed by atoms with Gasteiger partial charge in [-0.05, 0) is 37.1 Å². The average molecular weight is 206 g/mol. The third-order valence-corrected chi connectivity index (χ3v) is 2.52. The van der Waals surface area contributed by atoms with Crippen molar-refractivity contribution >= 4 is 10.9 Å². The van der Waals surface area contributed by atoms with Crippen LogP contribution in [0.25, 0.3) is 10.9 Å². The molecule has 80 valence electrons. The topological polar surface area (TPSA) is 82.3 Å². The number of nitrogens with one attached hydrogen (secondary N) is 1. The second kappa shape index (κ2) is 3.82. The summed E-state index contributed by atoms with van der Waals surface area (Å²) < 4.78 is 0. The normalized spacial score (nSPS) is 11.0. The van der Waals surface area contributed by atoms with Gasteiger partial charge in [0.15, 0.2) is 0 Å². The van der Waals surface area contributed by atoms with Gasteiger partial charge in [0.05, 0.1) is 5.52 Å². The lowest BCUT2D eigenvalue weighted by molar-refractivity contribution is 0.469. The fourth-order valence-corrected chi connectivity index (χ4v) is 1.77. The van der Waals surface area contributed by atoms with E-state index in [1.54, 1.807) is 6.20 Å². The maximum absolute atomic E-state index is 9.70. The van der Waals surface area contributed by atoms with Crippen molar-refractivity contribution in [3.05, 3.63) is 23.9 Å². The standard InChI is InChI=1S/C11H14N2O2/c12-5-1-2-7-6-13-11-9(15)4-3-8(14)10(7)11/h3-4,6,13-15H,1-2,5,12H2. The molecule has 4 heteroatoms. The molecule has 0 aliphatic heterocycles. The van der Waals surface area contributed by atoms with Crippen LogP contribution in [-0.2, 0) is 6.42 Å². The highest BCUT2D eigenvalue weighted by atomic mass is 16.3. The van der Waals surface area contributed by atoms with Crippen molar-refractivity contribution in [2.24, 2.45) is 5.73 Å². The van der Waals surface area contributed by atoms with E-state index >= 15 is 0 Å². The predicted molar refractivity (Wildman–Crippen MR) is 59.0 cm³/mol. The smallest absolute Gasteiger partial charge is 0.139 e. The molecule has 0 saturated carbocycles. The van der Waals surface area contributed by atoms with Crippen LogP contribution in [0.15, 0.2) is 18.3 Å². The Morgan fingerprint density at radius 3 is 2.67 bits per heavy atom. The van der Waals surface area contributed by atoms with E-state index < -0.39 is 0 Å². The van der Waals surface area contributed by atoms with Gasteiger partial charge in [0.1, 0.15) is 11.5 Å². The molecule has 2 aromatic rings. The van der Waals surface area contributed by atoms with E-state index in [4.69, 9.17) is 5.73 Å². The molecule has 0 spiro atoms. The van der Waals surface area contributed by atoms with Gasteiger partial charge in [-0.2, -0.15) is 0 Å². The molecule has 1 heterocycles. The van der Waals surface area contributed by atoms with Crippen molar-refractivity contribution in [2.45, 2.75) is 12.8 Å². The Morgan fingerprint density at radius 1 is 1.20 bits per heavy atom. The van der Waals surface area contributed by atoms with Crippen LogP contribution in [0.4, 0.5) is 0 Å². The number of phenols is 2. The van der Waals surface area contributed by atoms with Crippen LogP contribution in [0.1, 0.15) is 12.0 Å². The van der Waals surface area contributed by atoms with Gasteiger partial charge in [-0.3, -0.25) is 0 Å². The number of aromatic hydroxyl groups is 2. The van der Waals surface area contributed by atoms with Crippen LogP contribution in [0, 0.1) is 0 Å². The number of aromatic amines is 1. The predicted octanol–water partition coefficient (Wildman–Crippen LogP) is 1.47. The first-order chi connectivity index (χ1) is 7.24. The summed E-state index contributed by atoms with van der Waals surface area (Å²) >= 11 is 0. The number of hydrogen-bond donors (Lipinski definition) is 4. The minimum absolute atomic E-state index is 0.154. The Kier molecular flexibility index (Phi) is 2.51. The van der Waals surface area contributed by atoms with Crippen LogP contribution in [-0.4, -0.2) is 21.7 Å². The Balaban J connectivity index is 2.53. The summed E-state index contributed by atoms with van der Waals surface area (Å²) in [6.07, 6.45) is 3.47. The molecule has 5 N–H and O–H groups in total. The minimum Gasteiger partial charge on any atom is -0.507 e. The van der Waals surface area contributed by atoms with Crippen molar-refractivity contribution in [1.82, 2.24) is 4.98 Å². The summed E-state index contributed by atoms with van der Waals surface area (Å²) in [7, 11) is 0. The molecule has 0 aliphatic rings. The highest BCUT2D eigenvalue weighted by Gasteiger charge is 2.10. The fraction of sp³-hybridized carbons (Fsp3) is 0.273. The van der Waals surface area contributed by atoms with Crippen molar-refractivity contribution in [2.75, 3.05) is 6.54 Å². The number of fused-ring (bicyclic) bond motifs is 1. The number of phenolic OH excluding ortho intramolecular Hbond substituents is 2. The summed E-state index contributed by atoms with van der Waals surface area (Å²) in [5.41, 5.74) is 7.01. The van der Waals surface area contributed by atoms with E-state index in [9.17, 15) is 10.2 Å². The van der Waals surface area contributed by atoms with Crippen molar-refractivity contribution in [3.63, 3.8) is 0 Å². The Bertz CT molecular complexity index is 477. The zero-order valence-electron chi connectivity index (χ0n) is 8.33. The van der Waals surface area contributed by atoms with Gasteiger partial charge in [0.2, 0.25) is 0 Å². The zero-order valence-corrected chi connectivity index (χ0v) is 8.33. The quantitative estimate of drug-likeness (QED) is 0.574. The van der Waals surface area contributed by atoms with Crippen molar-refractivity contribution < 1.29 is 10.2 Å². The number of benzene rings is 1. The second-order valence-electron chi connectivity index (χ2n) is 3.56. The molecule has 0 fully saturated rings. The Hall–Kier alpha value is -1.68. The SMILES string of the molecule is NCCCc1c[nH]c2c(O)ccc(O)c12. The van der Waals surface area contributed by atoms with Gasteiger partial charge in [-0.15, -0.1) is 0 Å². The van der Waals surface area contributed by atoms with Gasteiger partial charge in [-0.25, -0.2) is 0 Å². The number of rotatable bonds is 3. The minimum atomic E-state index is 0.154. The molecule has 1 aromatic carbocycles. The molecule has 0 unspecified atom stereocenters. The summed E-state index contributed by atoms with van der Waals surface area (Å²) in [6.45, 7) is 0.617. The Morgan fingerprint density at radius 2 is 1.93 bits per heavy atom. The van der Waals surface area contributed by atoms with Crippen molar-refractivity contribution in [3.8, 4) is 11.5 Å². The number of nitrogens with two attached hydrogens (primary N) is 1. The largest absolute Gasteiger partial charge is 0.507 e. The molecule has 0 bridgehead atoms. The molecular weight excluding hydrogens is 192 g/mol. The Labute approximate surface area is 87.3 Å². The highest BCUT2D eigenvalue weighted by molar-refractivity contribution is 5.93. The lowest BCUT2D eigenvalue weighted by Gasteiger charge is -2.01. The molecule has 0 atom stereocenters. The molecular formula is C11H14N2O2. The van der Waals surface area contributed by atoms with E-state index in [0.29, 0.717) is 17.4 Å². The lowest BCUT2D eigenvalue weighted by atomic mass is 10.1. The first-order valence-corrected chi connectivity index (χ1v) is 4.95. The van der Waals surface area contributed by atoms with Gasteiger partial charge in [-0.1, -0.05) is 0 Å². The molecule has 0 aliphatic carbocycles. The maximum Gasteiger partial charge on any atom is 0.139 e. The van der Waals surface area contributed by atoms with Crippen molar-refractivity contribution in [1.29, 1.82) is 0 Å². The number of aryl methyl sites for hydroxylation is 1. The van der Waals surface area contributed by atoms with Crippen LogP contribution in [0.2, 0.25) is 0 Å². The first kappa shape index (κ1) is 9.86. The molecule has 0 amide bonds. The molecule has 1 aromatic heterocycles. The van der Waals surface area contributed by atoms with Crippen LogP contribution >= 0.6 is 0 Å². The van der Waals surface area contributed by atoms with E-state index in [-0.39, 0.29) is 11.5 Å². The van der Waals surface area contributed by atoms with Gasteiger partial charge in [0, 0.05) is 11.6 Å². The van der Waals surface area contributed by atoms with Gasteiger partial charge in [0.25, 0.3) is 0 Å². The molecule has 0 saturated heterocycles. The first-order valence-electron chi connectivity index (χ1n) is 4.95. The second-order valence-corrected chi connectivity index (χ2v) is 3.56. The monoisotopic (exact) mass is 206 g/mol. The maximum atomic E-state index is 9.70. The van der Waals surface area contributed by atoms with E-state index in [1.807, 2.05) is 0 Å². The summed E-state index contributed by atoms with van der Waals surface area (Å²) in [5.74, 6) is 0.345. The molecule has 0 radical (unpaired) electrons. The van der Waals surface area contributed by atoms with Crippen LogP contribution in [0.5, 0.6) is 11.5 Å². The third kappa shape index (κ3) is 1.64. The van der Waals surface area contributed by atoms with Gasteiger partial charge < -0.3 is 20.9 Å². The highest BCUT2D eigenvalue weighted by Crippen LogP contribution is 2.33. The molecule has 4 nitrogen and oxygen atoms in total. The number of H-pyrrole nitrogens is 1. The average Bonchev–Trinajstić information content (AvgIpc) is 2.65. The fourth-order valence-electron chi connectivity index (χ4n) is 1.77. The van der Waals surface area contributed by atoms with Crippen LogP contribution in [0.3, 0.4) is 0 Å². The van der Waals surface area contributed by atoms with E-state index in [0.717, 1.165) is 18.4 Å². The van der Waals surface area contributed by atoms with E-state index in [2.05, 4.69) is 4.98 Å². The molecule has 15 heavy (non-hydrogen) atoms. The summed E-state index contributed by atoms with van der Waals surface area (Å²) in [4.78, 5) is 2.96. The summed E-state index contributed by atoms with van der Waals surface area (Å²) in [5, 5.41) is 20.0. The van der Waals surface area contributed by atoms with Gasteiger partial charge >= 0.3 is 0 Å². The molecule has 2 rings (SSSR count). The number of aromatic nitrogens is 1.